The molecule has 28 heavy (non-hydrogen) atoms. The summed E-state index contributed by atoms with van der Waals surface area (Å²) >= 11 is 0. The number of nitrogens with zero attached hydrogens (tertiary/aromatic N) is 5. The molecule has 7 nitrogen and oxygen atoms in total. The van der Waals surface area contributed by atoms with Gasteiger partial charge in [-0.2, -0.15) is 0 Å². The van der Waals surface area contributed by atoms with Crippen molar-refractivity contribution in [1.29, 1.82) is 0 Å². The number of carbonyl (C=O) groups excluding carboxylic acids is 1. The summed E-state index contributed by atoms with van der Waals surface area (Å²) in [7, 11) is 0. The summed E-state index contributed by atoms with van der Waals surface area (Å²) in [4.78, 5) is 32.2. The first-order valence-electron chi connectivity index (χ1n) is 9.66. The number of aryl methyl sites for hydroxylation is 2. The zero-order chi connectivity index (χ0) is 19.3. The average molecular weight is 374 g/mol. The molecular formula is C21H22N6O. The largest absolute Gasteiger partial charge is 0.342 e. The molecule has 1 N–H and O–H groups in total. The molecule has 1 aliphatic rings. The molecule has 4 aromatic rings. The molecule has 0 bridgehead atoms. The van der Waals surface area contributed by atoms with Gasteiger partial charge in [-0.15, -0.1) is 0 Å². The van der Waals surface area contributed by atoms with Gasteiger partial charge in [0.05, 0.1) is 16.7 Å². The molecule has 3 aromatic heterocycles. The summed E-state index contributed by atoms with van der Waals surface area (Å²) < 4.78 is 1.78. The Labute approximate surface area is 162 Å². The number of imidazole rings is 2. The number of benzene rings is 1. The minimum Gasteiger partial charge on any atom is -0.342 e. The Morgan fingerprint density at radius 3 is 2.96 bits per heavy atom. The van der Waals surface area contributed by atoms with Crippen LogP contribution in [0.4, 0.5) is 0 Å². The van der Waals surface area contributed by atoms with Crippen LogP contribution in [-0.2, 0) is 0 Å². The molecule has 1 aliphatic heterocycles. The van der Waals surface area contributed by atoms with Crippen molar-refractivity contribution >= 4 is 22.7 Å². The maximum atomic E-state index is 13.3. The van der Waals surface area contributed by atoms with E-state index in [0.29, 0.717) is 23.7 Å². The normalized spacial score (nSPS) is 17.5. The quantitative estimate of drug-likeness (QED) is 0.584. The summed E-state index contributed by atoms with van der Waals surface area (Å²) in [5.74, 6) is 1.75. The number of amides is 1. The average Bonchev–Trinajstić information content (AvgIpc) is 3.29. The summed E-state index contributed by atoms with van der Waals surface area (Å²) in [6, 6.07) is 7.99. The van der Waals surface area contributed by atoms with Crippen molar-refractivity contribution < 1.29 is 4.79 Å². The molecule has 4 heterocycles. The maximum Gasteiger partial charge on any atom is 0.272 e. The highest BCUT2D eigenvalue weighted by Gasteiger charge is 2.30. The molecule has 0 spiro atoms. The molecule has 7 heteroatoms. The number of piperidine rings is 1. The first kappa shape index (κ1) is 16.9. The molecule has 0 unspecified atom stereocenters. The number of carbonyl (C=O) groups is 1. The summed E-state index contributed by atoms with van der Waals surface area (Å²) in [6.07, 6.45) is 5.52. The van der Waals surface area contributed by atoms with Crippen LogP contribution < -0.4 is 0 Å². The Kier molecular flexibility index (Phi) is 3.89. The Morgan fingerprint density at radius 1 is 1.21 bits per heavy atom. The summed E-state index contributed by atoms with van der Waals surface area (Å²) in [5.41, 5.74) is 4.55. The maximum absolute atomic E-state index is 13.3. The number of fused-ring (bicyclic) bond motifs is 2. The van der Waals surface area contributed by atoms with Gasteiger partial charge in [0.2, 0.25) is 5.78 Å². The van der Waals surface area contributed by atoms with Crippen molar-refractivity contribution in [1.82, 2.24) is 29.2 Å². The third kappa shape index (κ3) is 2.66. The minimum absolute atomic E-state index is 0.00925. The fraction of sp³-hybridized carbons (Fsp3) is 0.333. The number of hydrogen-bond acceptors (Lipinski definition) is 4. The Bertz CT molecular complexity index is 1190. The highest BCUT2D eigenvalue weighted by molar-refractivity contribution is 5.94. The van der Waals surface area contributed by atoms with E-state index in [2.05, 4.69) is 34.0 Å². The molecule has 1 fully saturated rings. The summed E-state index contributed by atoms with van der Waals surface area (Å²) in [5, 5.41) is 0. The van der Waals surface area contributed by atoms with Crippen molar-refractivity contribution in [2.75, 3.05) is 13.1 Å². The first-order chi connectivity index (χ1) is 13.6. The highest BCUT2D eigenvalue weighted by Crippen LogP contribution is 2.28. The number of aromatic nitrogens is 5. The van der Waals surface area contributed by atoms with Crippen LogP contribution in [0.5, 0.6) is 0 Å². The lowest BCUT2D eigenvalue weighted by molar-refractivity contribution is 0.0697. The Morgan fingerprint density at radius 2 is 2.11 bits per heavy atom. The van der Waals surface area contributed by atoms with Crippen LogP contribution in [0.25, 0.3) is 16.8 Å². The van der Waals surface area contributed by atoms with Gasteiger partial charge in [0.15, 0.2) is 0 Å². The second-order valence-corrected chi connectivity index (χ2v) is 7.52. The van der Waals surface area contributed by atoms with Crippen molar-refractivity contribution in [2.24, 2.45) is 0 Å². The third-order valence-corrected chi connectivity index (χ3v) is 5.61. The lowest BCUT2D eigenvalue weighted by atomic mass is 9.97. The molecule has 142 valence electrons. The Hall–Kier alpha value is -3.22. The number of nitrogens with one attached hydrogen (secondary N) is 1. The molecule has 1 atom stereocenters. The van der Waals surface area contributed by atoms with E-state index in [-0.39, 0.29) is 11.8 Å². The fourth-order valence-corrected chi connectivity index (χ4v) is 4.18. The zero-order valence-corrected chi connectivity index (χ0v) is 16.0. The lowest BCUT2D eigenvalue weighted by Gasteiger charge is -2.31. The van der Waals surface area contributed by atoms with E-state index < -0.39 is 0 Å². The molecule has 0 aliphatic carbocycles. The molecule has 0 radical (unpaired) electrons. The number of rotatable bonds is 2. The van der Waals surface area contributed by atoms with Crippen LogP contribution >= 0.6 is 0 Å². The van der Waals surface area contributed by atoms with Gasteiger partial charge in [-0.25, -0.2) is 15.0 Å². The van der Waals surface area contributed by atoms with Crippen LogP contribution in [0.2, 0.25) is 0 Å². The number of para-hydroxylation sites is 1. The standard InChI is InChI=1S/C21H22N6O/c1-13-6-3-8-16-17(13)25-19(24-16)15-7-4-10-26(12-15)20(28)18-14(2)23-21-22-9-5-11-27(18)21/h3,5-6,8-9,11,15H,4,7,10,12H2,1-2H3,(H,24,25)/t15-/m1/s1. The van der Waals surface area contributed by atoms with Gasteiger partial charge >= 0.3 is 0 Å². The molecule has 1 saturated heterocycles. The third-order valence-electron chi connectivity index (χ3n) is 5.61. The number of hydrogen-bond donors (Lipinski definition) is 1. The second kappa shape index (κ2) is 6.44. The van der Waals surface area contributed by atoms with Crippen LogP contribution in [0, 0.1) is 13.8 Å². The smallest absolute Gasteiger partial charge is 0.272 e. The van der Waals surface area contributed by atoms with Crippen LogP contribution in [0.1, 0.15) is 46.3 Å². The molecule has 1 amide bonds. The second-order valence-electron chi connectivity index (χ2n) is 7.52. The van der Waals surface area contributed by atoms with Crippen LogP contribution in [0.3, 0.4) is 0 Å². The van der Waals surface area contributed by atoms with Gasteiger partial charge in [-0.1, -0.05) is 12.1 Å². The van der Waals surface area contributed by atoms with E-state index in [4.69, 9.17) is 4.98 Å². The Balaban J connectivity index is 1.45. The number of likely N-dealkylation sites (tertiary alicyclic amines) is 1. The van der Waals surface area contributed by atoms with Crippen molar-refractivity contribution in [3.05, 3.63) is 59.4 Å². The van der Waals surface area contributed by atoms with Gasteiger partial charge in [-0.3, -0.25) is 9.20 Å². The van der Waals surface area contributed by atoms with Crippen molar-refractivity contribution in [3.63, 3.8) is 0 Å². The minimum atomic E-state index is 0.00925. The predicted octanol–water partition coefficient (Wildman–Crippen LogP) is 3.24. The zero-order valence-electron chi connectivity index (χ0n) is 16.0. The number of aromatic amines is 1. The van der Waals surface area contributed by atoms with Crippen LogP contribution in [-0.4, -0.2) is 48.2 Å². The molecule has 1 aromatic carbocycles. The van der Waals surface area contributed by atoms with Gasteiger partial charge in [0, 0.05) is 31.4 Å². The van der Waals surface area contributed by atoms with Crippen LogP contribution in [0.15, 0.2) is 36.7 Å². The van der Waals surface area contributed by atoms with E-state index in [1.807, 2.05) is 30.2 Å². The number of H-pyrrole nitrogens is 1. The summed E-state index contributed by atoms with van der Waals surface area (Å²) in [6.45, 7) is 5.35. The van der Waals surface area contributed by atoms with Gasteiger partial charge in [0.1, 0.15) is 11.5 Å². The van der Waals surface area contributed by atoms with E-state index in [1.165, 1.54) is 0 Å². The SMILES string of the molecule is Cc1nc2ncccn2c1C(=O)N1CCC[C@@H](c2nc3c(C)cccc3[nH]2)C1. The van der Waals surface area contributed by atoms with E-state index in [9.17, 15) is 4.79 Å². The molecule has 0 saturated carbocycles. The molecular weight excluding hydrogens is 352 g/mol. The lowest BCUT2D eigenvalue weighted by Crippen LogP contribution is -2.40. The fourth-order valence-electron chi connectivity index (χ4n) is 4.18. The van der Waals surface area contributed by atoms with Crippen molar-refractivity contribution in [3.8, 4) is 0 Å². The van der Waals surface area contributed by atoms with E-state index in [1.54, 1.807) is 10.6 Å². The van der Waals surface area contributed by atoms with Gasteiger partial charge in [0.25, 0.3) is 5.91 Å². The first-order valence-corrected chi connectivity index (χ1v) is 9.66. The topological polar surface area (TPSA) is 79.2 Å². The predicted molar refractivity (Wildman–Crippen MR) is 106 cm³/mol. The monoisotopic (exact) mass is 374 g/mol. The van der Waals surface area contributed by atoms with Crippen molar-refractivity contribution in [2.45, 2.75) is 32.6 Å². The van der Waals surface area contributed by atoms with E-state index >= 15 is 0 Å². The highest BCUT2D eigenvalue weighted by atomic mass is 16.2. The van der Waals surface area contributed by atoms with Gasteiger partial charge < -0.3 is 9.88 Å². The van der Waals surface area contributed by atoms with E-state index in [0.717, 1.165) is 41.8 Å². The van der Waals surface area contributed by atoms with Gasteiger partial charge in [-0.05, 0) is 44.4 Å². The molecule has 5 rings (SSSR count).